The molecule has 0 atom stereocenters. The van der Waals surface area contributed by atoms with Gasteiger partial charge in [-0.05, 0) is 37.8 Å². The fourth-order valence-corrected chi connectivity index (χ4v) is 1.05. The van der Waals surface area contributed by atoms with Crippen LogP contribution in [0.1, 0.15) is 17.5 Å². The van der Waals surface area contributed by atoms with Crippen LogP contribution in [0.5, 0.6) is 0 Å². The molecule has 1 aromatic carbocycles. The predicted molar refractivity (Wildman–Crippen MR) is 43.8 cm³/mol. The minimum Gasteiger partial charge on any atom is -0.0620 e. The van der Waals surface area contributed by atoms with Gasteiger partial charge in [0.2, 0.25) is 0 Å². The zero-order valence-corrected chi connectivity index (χ0v) is 6.30. The fraction of sp³-hybridized carbons (Fsp3) is 0.300. The first-order valence-electron chi connectivity index (χ1n) is 3.59. The second-order valence-corrected chi connectivity index (χ2v) is 2.47. The average molecular weight is 132 g/mol. The number of hydrogen-bond donors (Lipinski definition) is 0. The maximum atomic E-state index is 5.43. The summed E-state index contributed by atoms with van der Waals surface area (Å²) in [7, 11) is 0. The van der Waals surface area contributed by atoms with Crippen molar-refractivity contribution in [3.63, 3.8) is 0 Å². The molecule has 0 aromatic heterocycles. The fourth-order valence-electron chi connectivity index (χ4n) is 1.05. The van der Waals surface area contributed by atoms with E-state index in [1.807, 2.05) is 0 Å². The summed E-state index contributed by atoms with van der Waals surface area (Å²) >= 11 is 0. The summed E-state index contributed by atoms with van der Waals surface area (Å²) in [6, 6.07) is 8.35. The van der Waals surface area contributed by atoms with E-state index in [4.69, 9.17) is 6.92 Å². The highest BCUT2D eigenvalue weighted by Gasteiger charge is 1.92. The van der Waals surface area contributed by atoms with Crippen molar-refractivity contribution >= 4 is 0 Å². The van der Waals surface area contributed by atoms with Gasteiger partial charge in [-0.2, -0.15) is 0 Å². The molecule has 1 aromatic rings. The zero-order chi connectivity index (χ0) is 7.40. The maximum Gasteiger partial charge on any atom is -0.0273 e. The topological polar surface area (TPSA) is 0 Å². The van der Waals surface area contributed by atoms with E-state index in [-0.39, 0.29) is 0 Å². The molecule has 0 nitrogen and oxygen atoms in total. The van der Waals surface area contributed by atoms with Crippen molar-refractivity contribution in [2.24, 2.45) is 0 Å². The van der Waals surface area contributed by atoms with E-state index in [9.17, 15) is 0 Å². The Labute approximate surface area is 62.9 Å². The van der Waals surface area contributed by atoms with Crippen LogP contribution in [0.4, 0.5) is 0 Å². The molecule has 0 heterocycles. The Kier molecular flexibility index (Phi) is 2.49. The van der Waals surface area contributed by atoms with Crippen molar-refractivity contribution in [1.82, 2.24) is 0 Å². The van der Waals surface area contributed by atoms with Crippen LogP contribution in [0.2, 0.25) is 0 Å². The van der Waals surface area contributed by atoms with Crippen LogP contribution in [0.15, 0.2) is 24.3 Å². The van der Waals surface area contributed by atoms with Gasteiger partial charge in [-0.25, -0.2) is 0 Å². The monoisotopic (exact) mass is 132 g/mol. The van der Waals surface area contributed by atoms with E-state index in [1.165, 1.54) is 11.1 Å². The molecule has 1 rings (SSSR count). The molecule has 0 aliphatic carbocycles. The Bertz CT molecular complexity index is 201. The molecule has 2 radical (unpaired) electrons. The van der Waals surface area contributed by atoms with Crippen LogP contribution in [0.25, 0.3) is 0 Å². The van der Waals surface area contributed by atoms with E-state index in [0.717, 1.165) is 12.8 Å². The van der Waals surface area contributed by atoms with Crippen molar-refractivity contribution in [2.75, 3.05) is 0 Å². The molecule has 0 unspecified atom stereocenters. The van der Waals surface area contributed by atoms with Gasteiger partial charge in [0, 0.05) is 0 Å². The summed E-state index contributed by atoms with van der Waals surface area (Å²) in [5, 5.41) is 0. The van der Waals surface area contributed by atoms with Crippen LogP contribution >= 0.6 is 0 Å². The molecular weight excluding hydrogens is 120 g/mol. The lowest BCUT2D eigenvalue weighted by Crippen LogP contribution is -1.86. The molecule has 0 aliphatic heterocycles. The molecule has 0 N–H and O–H groups in total. The molecule has 0 fully saturated rings. The molecular formula is C10H12. The Balaban J connectivity index is 2.81. The number of benzene rings is 1. The summed E-state index contributed by atoms with van der Waals surface area (Å²) in [4.78, 5) is 0. The highest BCUT2D eigenvalue weighted by Crippen LogP contribution is 2.08. The van der Waals surface area contributed by atoms with Crippen LogP contribution in [0.3, 0.4) is 0 Å². The van der Waals surface area contributed by atoms with E-state index in [0.29, 0.717) is 0 Å². The number of aryl methyl sites for hydroxylation is 2. The van der Waals surface area contributed by atoms with Gasteiger partial charge in [-0.1, -0.05) is 24.3 Å². The second kappa shape index (κ2) is 3.40. The lowest BCUT2D eigenvalue weighted by molar-refractivity contribution is 0.985. The molecule has 0 saturated carbocycles. The predicted octanol–water partition coefficient (Wildman–Crippen LogP) is 2.64. The van der Waals surface area contributed by atoms with Crippen molar-refractivity contribution in [3.05, 3.63) is 42.3 Å². The Morgan fingerprint density at radius 2 is 2.00 bits per heavy atom. The molecule has 52 valence electrons. The Hall–Kier alpha value is -0.780. The van der Waals surface area contributed by atoms with Gasteiger partial charge < -0.3 is 0 Å². The third-order valence-corrected chi connectivity index (χ3v) is 1.67. The molecule has 0 aliphatic rings. The molecule has 0 saturated heterocycles. The minimum atomic E-state index is 0.741. The van der Waals surface area contributed by atoms with Gasteiger partial charge in [0.25, 0.3) is 0 Å². The van der Waals surface area contributed by atoms with Crippen molar-refractivity contribution in [2.45, 2.75) is 19.8 Å². The summed E-state index contributed by atoms with van der Waals surface area (Å²) in [6.45, 7) is 7.55. The largest absolute Gasteiger partial charge is 0.0620 e. The van der Waals surface area contributed by atoms with E-state index in [1.54, 1.807) is 0 Å². The summed E-state index contributed by atoms with van der Waals surface area (Å²) in [6.07, 6.45) is 1.73. The van der Waals surface area contributed by atoms with Gasteiger partial charge in [-0.15, -0.1) is 0 Å². The van der Waals surface area contributed by atoms with Crippen molar-refractivity contribution < 1.29 is 0 Å². The first kappa shape index (κ1) is 7.33. The van der Waals surface area contributed by atoms with Crippen LogP contribution in [-0.4, -0.2) is 0 Å². The normalized spacial score (nSPS) is 9.80. The third kappa shape index (κ3) is 1.60. The number of hydrogen-bond acceptors (Lipinski definition) is 0. The van der Waals surface area contributed by atoms with Gasteiger partial charge in [0.1, 0.15) is 0 Å². The highest BCUT2D eigenvalue weighted by molar-refractivity contribution is 5.25. The lowest BCUT2D eigenvalue weighted by Gasteiger charge is -2.00. The maximum absolute atomic E-state index is 5.43. The van der Waals surface area contributed by atoms with E-state index >= 15 is 0 Å². The Morgan fingerprint density at radius 1 is 1.30 bits per heavy atom. The molecule has 0 amide bonds. The second-order valence-electron chi connectivity index (χ2n) is 2.47. The van der Waals surface area contributed by atoms with Gasteiger partial charge in [0.05, 0.1) is 0 Å². The van der Waals surface area contributed by atoms with E-state index in [2.05, 4.69) is 31.2 Å². The summed E-state index contributed by atoms with van der Waals surface area (Å²) in [5.74, 6) is 0. The average Bonchev–Trinajstić information content (AvgIpc) is 1.94. The molecule has 0 spiro atoms. The van der Waals surface area contributed by atoms with Gasteiger partial charge in [-0.3, -0.25) is 0 Å². The molecule has 0 heteroatoms. The van der Waals surface area contributed by atoms with Crippen molar-refractivity contribution in [1.29, 1.82) is 0 Å². The van der Waals surface area contributed by atoms with E-state index < -0.39 is 0 Å². The highest BCUT2D eigenvalue weighted by atomic mass is 14.0. The van der Waals surface area contributed by atoms with Gasteiger partial charge >= 0.3 is 0 Å². The Morgan fingerprint density at radius 3 is 2.60 bits per heavy atom. The summed E-state index contributed by atoms with van der Waals surface area (Å²) < 4.78 is 0. The zero-order valence-electron chi connectivity index (χ0n) is 6.30. The molecule has 0 bridgehead atoms. The summed E-state index contributed by atoms with van der Waals surface area (Å²) in [5.41, 5.74) is 2.71. The SMILES string of the molecule is [CH]CCc1ccccc1C. The first-order valence-corrected chi connectivity index (χ1v) is 3.59. The number of rotatable bonds is 2. The quantitative estimate of drug-likeness (QED) is 0.580. The van der Waals surface area contributed by atoms with Crippen LogP contribution in [-0.2, 0) is 6.42 Å². The standard InChI is InChI=1S/C10H12/c1-3-6-10-8-5-4-7-9(10)2/h1,4-5,7-8H,3,6H2,2H3. The first-order chi connectivity index (χ1) is 4.84. The van der Waals surface area contributed by atoms with Crippen LogP contribution < -0.4 is 0 Å². The smallest absolute Gasteiger partial charge is 0.0273 e. The van der Waals surface area contributed by atoms with Crippen LogP contribution in [0, 0.1) is 13.8 Å². The van der Waals surface area contributed by atoms with Crippen molar-refractivity contribution in [3.8, 4) is 0 Å². The lowest BCUT2D eigenvalue weighted by atomic mass is 10.1. The van der Waals surface area contributed by atoms with Gasteiger partial charge in [0.15, 0.2) is 0 Å². The third-order valence-electron chi connectivity index (χ3n) is 1.67. The minimum absolute atomic E-state index is 0.741. The molecule has 10 heavy (non-hydrogen) atoms.